The molecule has 2 atom stereocenters. The first-order valence-corrected chi connectivity index (χ1v) is 8.41. The quantitative estimate of drug-likeness (QED) is 0.835. The highest BCUT2D eigenvalue weighted by Crippen LogP contribution is 2.31. The van der Waals surface area contributed by atoms with Crippen LogP contribution in [-0.4, -0.2) is 66.3 Å². The van der Waals surface area contributed by atoms with Crippen molar-refractivity contribution in [2.75, 3.05) is 33.7 Å². The van der Waals surface area contributed by atoms with Crippen molar-refractivity contribution in [3.63, 3.8) is 0 Å². The number of carbonyl (C=O) groups excluding carboxylic acids is 2. The van der Waals surface area contributed by atoms with E-state index in [-0.39, 0.29) is 30.2 Å². The van der Waals surface area contributed by atoms with Gasteiger partial charge in [0.1, 0.15) is 5.82 Å². The van der Waals surface area contributed by atoms with E-state index >= 15 is 0 Å². The lowest BCUT2D eigenvalue weighted by molar-refractivity contribution is -0.150. The lowest BCUT2D eigenvalue weighted by Crippen LogP contribution is -2.59. The zero-order valence-electron chi connectivity index (χ0n) is 14.2. The summed E-state index contributed by atoms with van der Waals surface area (Å²) in [7, 11) is 3.40. The molecule has 2 aliphatic rings. The van der Waals surface area contributed by atoms with Crippen LogP contribution in [0.1, 0.15) is 18.4 Å². The summed E-state index contributed by atoms with van der Waals surface area (Å²) in [6.07, 6.45) is 1.84. The van der Waals surface area contributed by atoms with Crippen LogP contribution in [0.2, 0.25) is 0 Å². The molecule has 2 fully saturated rings. The smallest absolute Gasteiger partial charge is 0.241 e. The van der Waals surface area contributed by atoms with Gasteiger partial charge < -0.3 is 9.80 Å². The fourth-order valence-electron chi connectivity index (χ4n) is 3.63. The van der Waals surface area contributed by atoms with Gasteiger partial charge in [-0.3, -0.25) is 14.5 Å². The van der Waals surface area contributed by atoms with Gasteiger partial charge in [-0.2, -0.15) is 0 Å². The Hall–Kier alpha value is -1.95. The Kier molecular flexibility index (Phi) is 4.85. The van der Waals surface area contributed by atoms with E-state index in [9.17, 15) is 14.0 Å². The van der Waals surface area contributed by atoms with Gasteiger partial charge >= 0.3 is 0 Å². The highest BCUT2D eigenvalue weighted by Gasteiger charge is 2.41. The Bertz CT molecular complexity index is 634. The molecule has 2 heterocycles. The van der Waals surface area contributed by atoms with Crippen LogP contribution >= 0.6 is 0 Å². The Morgan fingerprint density at radius 1 is 1.38 bits per heavy atom. The van der Waals surface area contributed by atoms with Crippen molar-refractivity contribution in [2.24, 2.45) is 5.92 Å². The van der Waals surface area contributed by atoms with Crippen LogP contribution in [0.3, 0.4) is 0 Å². The summed E-state index contributed by atoms with van der Waals surface area (Å²) in [6, 6.07) is 6.33. The molecule has 2 amide bonds. The van der Waals surface area contributed by atoms with Crippen molar-refractivity contribution >= 4 is 11.8 Å². The van der Waals surface area contributed by atoms with Crippen LogP contribution in [0.5, 0.6) is 0 Å². The molecule has 0 N–H and O–H groups in total. The average molecular weight is 333 g/mol. The van der Waals surface area contributed by atoms with Crippen molar-refractivity contribution in [3.8, 4) is 0 Å². The minimum Gasteiger partial charge on any atom is -0.347 e. The molecule has 0 unspecified atom stereocenters. The SMILES string of the molecule is CN(C)C(=O)CN1C[C@H]2CCN(Cc3cccc(F)c3)[C@H](C2)C1=O. The summed E-state index contributed by atoms with van der Waals surface area (Å²) in [5, 5.41) is 0. The van der Waals surface area contributed by atoms with Gasteiger partial charge in [-0.05, 0) is 43.0 Å². The number of nitrogens with zero attached hydrogens (tertiary/aromatic N) is 3. The van der Waals surface area contributed by atoms with Gasteiger partial charge in [0.15, 0.2) is 0 Å². The second-order valence-corrected chi connectivity index (χ2v) is 7.01. The van der Waals surface area contributed by atoms with Gasteiger partial charge in [0.05, 0.1) is 12.6 Å². The Morgan fingerprint density at radius 2 is 2.17 bits per heavy atom. The highest BCUT2D eigenvalue weighted by atomic mass is 19.1. The number of fused-ring (bicyclic) bond motifs is 2. The van der Waals surface area contributed by atoms with Gasteiger partial charge in [-0.1, -0.05) is 12.1 Å². The molecule has 1 aromatic carbocycles. The zero-order valence-corrected chi connectivity index (χ0v) is 14.2. The van der Waals surface area contributed by atoms with Crippen molar-refractivity contribution in [1.29, 1.82) is 0 Å². The maximum Gasteiger partial charge on any atom is 0.241 e. The van der Waals surface area contributed by atoms with Crippen LogP contribution in [-0.2, 0) is 16.1 Å². The third kappa shape index (κ3) is 3.59. The van der Waals surface area contributed by atoms with Crippen LogP contribution < -0.4 is 0 Å². The summed E-state index contributed by atoms with van der Waals surface area (Å²) in [6.45, 7) is 2.22. The van der Waals surface area contributed by atoms with Crippen LogP contribution in [0, 0.1) is 11.7 Å². The van der Waals surface area contributed by atoms with Crippen molar-refractivity contribution in [3.05, 3.63) is 35.6 Å². The molecule has 0 spiro atoms. The molecule has 2 aliphatic heterocycles. The number of halogens is 1. The second kappa shape index (κ2) is 6.89. The predicted molar refractivity (Wildman–Crippen MR) is 88.6 cm³/mol. The highest BCUT2D eigenvalue weighted by molar-refractivity contribution is 5.88. The van der Waals surface area contributed by atoms with E-state index in [0.29, 0.717) is 19.0 Å². The molecule has 1 aromatic rings. The molecular formula is C18H24FN3O2. The Balaban J connectivity index is 1.71. The van der Waals surface area contributed by atoms with Crippen molar-refractivity contribution < 1.29 is 14.0 Å². The van der Waals surface area contributed by atoms with Crippen molar-refractivity contribution in [2.45, 2.75) is 25.4 Å². The van der Waals surface area contributed by atoms with E-state index in [1.54, 1.807) is 25.1 Å². The van der Waals surface area contributed by atoms with Gasteiger partial charge in [-0.25, -0.2) is 4.39 Å². The molecule has 2 bridgehead atoms. The summed E-state index contributed by atoms with van der Waals surface area (Å²) >= 11 is 0. The van der Waals surface area contributed by atoms with Gasteiger partial charge in [-0.15, -0.1) is 0 Å². The molecule has 130 valence electrons. The number of amides is 2. The predicted octanol–water partition coefficient (Wildman–Crippen LogP) is 1.34. The molecule has 0 aliphatic carbocycles. The normalized spacial score (nSPS) is 24.1. The van der Waals surface area contributed by atoms with Crippen LogP contribution in [0.15, 0.2) is 24.3 Å². The standard InChI is InChI=1S/C18H24FN3O2/c1-20(2)17(23)12-22-11-14-6-7-21(16(9-14)18(22)24)10-13-4-3-5-15(19)8-13/h3-5,8,14,16H,6-7,9-12H2,1-2H3/t14-,16+/m0/s1. The molecule has 6 heteroatoms. The fourth-order valence-corrected chi connectivity index (χ4v) is 3.63. The number of rotatable bonds is 4. The minimum absolute atomic E-state index is 0.0255. The van der Waals surface area contributed by atoms with E-state index in [1.807, 2.05) is 6.07 Å². The van der Waals surface area contributed by atoms with Crippen LogP contribution in [0.4, 0.5) is 4.39 Å². The third-order valence-corrected chi connectivity index (χ3v) is 5.00. The number of hydrogen-bond acceptors (Lipinski definition) is 3. The molecule has 2 saturated heterocycles. The maximum atomic E-state index is 13.4. The van der Waals surface area contributed by atoms with Gasteiger partial charge in [0.25, 0.3) is 0 Å². The lowest BCUT2D eigenvalue weighted by atomic mass is 9.85. The summed E-state index contributed by atoms with van der Waals surface area (Å²) < 4.78 is 13.4. The van der Waals surface area contributed by atoms with E-state index in [1.165, 1.54) is 17.0 Å². The molecule has 0 saturated carbocycles. The number of likely N-dealkylation sites (tertiary alicyclic amines) is 2. The molecule has 5 nitrogen and oxygen atoms in total. The summed E-state index contributed by atoms with van der Waals surface area (Å²) in [5.74, 6) is 0.166. The number of carbonyl (C=O) groups is 2. The number of hydrogen-bond donors (Lipinski definition) is 0. The first-order valence-electron chi connectivity index (χ1n) is 8.41. The largest absolute Gasteiger partial charge is 0.347 e. The first-order chi connectivity index (χ1) is 11.4. The minimum atomic E-state index is -0.254. The lowest BCUT2D eigenvalue weighted by Gasteiger charge is -2.46. The summed E-state index contributed by atoms with van der Waals surface area (Å²) in [5.41, 5.74) is 0.878. The van der Waals surface area contributed by atoms with Gasteiger partial charge in [0, 0.05) is 27.2 Å². The number of benzene rings is 1. The van der Waals surface area contributed by atoms with Gasteiger partial charge in [0.2, 0.25) is 11.8 Å². The number of likely N-dealkylation sites (N-methyl/N-ethyl adjacent to an activating group) is 1. The topological polar surface area (TPSA) is 43.9 Å². The Labute approximate surface area is 142 Å². The fraction of sp³-hybridized carbons (Fsp3) is 0.556. The van der Waals surface area contributed by atoms with E-state index in [4.69, 9.17) is 0 Å². The number of piperidine rings is 2. The molecule has 24 heavy (non-hydrogen) atoms. The third-order valence-electron chi connectivity index (χ3n) is 5.00. The maximum absolute atomic E-state index is 13.4. The Morgan fingerprint density at radius 3 is 2.88 bits per heavy atom. The van der Waals surface area contributed by atoms with Crippen LogP contribution in [0.25, 0.3) is 0 Å². The van der Waals surface area contributed by atoms with E-state index < -0.39 is 0 Å². The van der Waals surface area contributed by atoms with Crippen molar-refractivity contribution in [1.82, 2.24) is 14.7 Å². The molecule has 0 radical (unpaired) electrons. The zero-order chi connectivity index (χ0) is 17.3. The van der Waals surface area contributed by atoms with E-state index in [0.717, 1.165) is 24.9 Å². The summed E-state index contributed by atoms with van der Waals surface area (Å²) in [4.78, 5) is 30.1. The first kappa shape index (κ1) is 16.9. The molecular weight excluding hydrogens is 309 g/mol. The second-order valence-electron chi connectivity index (χ2n) is 7.01. The monoisotopic (exact) mass is 333 g/mol. The van der Waals surface area contributed by atoms with E-state index in [2.05, 4.69) is 4.90 Å². The molecule has 3 rings (SSSR count). The molecule has 0 aromatic heterocycles. The average Bonchev–Trinajstić information content (AvgIpc) is 2.54.